The maximum Gasteiger partial charge on any atom is 0.251 e. The van der Waals surface area contributed by atoms with Crippen LogP contribution in [0.4, 0.5) is 0 Å². The van der Waals surface area contributed by atoms with Crippen molar-refractivity contribution in [1.82, 2.24) is 14.9 Å². The van der Waals surface area contributed by atoms with E-state index >= 15 is 0 Å². The summed E-state index contributed by atoms with van der Waals surface area (Å²) in [5.41, 5.74) is 2.33. The molecular weight excluding hydrogens is 474 g/mol. The fourth-order valence-electron chi connectivity index (χ4n) is 4.09. The normalized spacial score (nSPS) is 10.7. The Bertz CT molecular complexity index is 1330. The van der Waals surface area contributed by atoms with E-state index in [4.69, 9.17) is 28.7 Å². The standard InChI is InChI=1S/C28H31N3O6/c1-33-20-9-11-21(12-10-20)37-16-15-31-23-8-6-5-7-22(23)30-26(31)13-14-29-28(32)19-17-24(34-2)27(36-4)25(18-19)35-3/h5-12,17-18H,13-16H2,1-4H3,(H,29,32). The molecule has 4 rings (SSSR count). The molecule has 9 heteroatoms. The quantitative estimate of drug-likeness (QED) is 0.310. The number of carbonyl (C=O) groups is 1. The molecule has 1 amide bonds. The summed E-state index contributed by atoms with van der Waals surface area (Å²) in [4.78, 5) is 17.7. The monoisotopic (exact) mass is 505 g/mol. The van der Waals surface area contributed by atoms with Crippen molar-refractivity contribution in [1.29, 1.82) is 0 Å². The second kappa shape index (κ2) is 12.0. The Hall–Kier alpha value is -4.40. The SMILES string of the molecule is COc1ccc(OCCn2c(CCNC(=O)c3cc(OC)c(OC)c(OC)c3)nc3ccccc32)cc1. The molecule has 0 saturated carbocycles. The third kappa shape index (κ3) is 5.88. The molecule has 194 valence electrons. The summed E-state index contributed by atoms with van der Waals surface area (Å²) < 4.78 is 29.3. The average molecular weight is 506 g/mol. The summed E-state index contributed by atoms with van der Waals surface area (Å²) in [6.45, 7) is 1.48. The molecule has 0 spiro atoms. The van der Waals surface area contributed by atoms with Gasteiger partial charge in [-0.1, -0.05) is 12.1 Å². The van der Waals surface area contributed by atoms with Gasteiger partial charge in [0.2, 0.25) is 5.75 Å². The van der Waals surface area contributed by atoms with Crippen LogP contribution in [-0.4, -0.2) is 57.0 Å². The second-order valence-corrected chi connectivity index (χ2v) is 8.11. The highest BCUT2D eigenvalue weighted by Crippen LogP contribution is 2.38. The first-order valence-corrected chi connectivity index (χ1v) is 11.9. The Morgan fingerprint density at radius 3 is 2.19 bits per heavy atom. The lowest BCUT2D eigenvalue weighted by Crippen LogP contribution is -2.27. The number of amides is 1. The summed E-state index contributed by atoms with van der Waals surface area (Å²) in [5.74, 6) is 3.45. The molecule has 0 saturated heterocycles. The highest BCUT2D eigenvalue weighted by atomic mass is 16.5. The number of hydrogen-bond acceptors (Lipinski definition) is 7. The average Bonchev–Trinajstić information content (AvgIpc) is 3.29. The number of methoxy groups -OCH3 is 4. The van der Waals surface area contributed by atoms with Crippen LogP contribution in [0.15, 0.2) is 60.7 Å². The first-order valence-electron chi connectivity index (χ1n) is 11.9. The third-order valence-corrected chi connectivity index (χ3v) is 5.94. The molecule has 0 aliphatic heterocycles. The first-order chi connectivity index (χ1) is 18.1. The predicted octanol–water partition coefficient (Wildman–Crippen LogP) is 4.12. The van der Waals surface area contributed by atoms with Crippen molar-refractivity contribution in [2.45, 2.75) is 13.0 Å². The Morgan fingerprint density at radius 2 is 1.54 bits per heavy atom. The van der Waals surface area contributed by atoms with Gasteiger partial charge in [-0.3, -0.25) is 4.79 Å². The number of nitrogens with one attached hydrogen (secondary N) is 1. The van der Waals surface area contributed by atoms with Crippen molar-refractivity contribution in [3.8, 4) is 28.7 Å². The number of imidazole rings is 1. The van der Waals surface area contributed by atoms with Crippen LogP contribution < -0.4 is 29.0 Å². The lowest BCUT2D eigenvalue weighted by atomic mass is 10.1. The molecule has 4 aromatic rings. The van der Waals surface area contributed by atoms with Gasteiger partial charge in [0.05, 0.1) is 46.0 Å². The summed E-state index contributed by atoms with van der Waals surface area (Å²) in [7, 11) is 6.19. The van der Waals surface area contributed by atoms with Gasteiger partial charge in [0.1, 0.15) is 23.9 Å². The second-order valence-electron chi connectivity index (χ2n) is 8.11. The third-order valence-electron chi connectivity index (χ3n) is 5.94. The Kier molecular flexibility index (Phi) is 8.35. The maximum absolute atomic E-state index is 12.9. The van der Waals surface area contributed by atoms with Crippen LogP contribution in [-0.2, 0) is 13.0 Å². The number of para-hydroxylation sites is 2. The number of hydrogen-bond donors (Lipinski definition) is 1. The lowest BCUT2D eigenvalue weighted by molar-refractivity contribution is 0.0953. The van der Waals surface area contributed by atoms with E-state index in [0.717, 1.165) is 28.4 Å². The number of carbonyl (C=O) groups excluding carboxylic acids is 1. The van der Waals surface area contributed by atoms with E-state index in [2.05, 4.69) is 9.88 Å². The van der Waals surface area contributed by atoms with Gasteiger partial charge in [0.15, 0.2) is 11.5 Å². The fourth-order valence-corrected chi connectivity index (χ4v) is 4.09. The van der Waals surface area contributed by atoms with Gasteiger partial charge >= 0.3 is 0 Å². The molecule has 37 heavy (non-hydrogen) atoms. The molecule has 0 aliphatic carbocycles. The minimum atomic E-state index is -0.246. The van der Waals surface area contributed by atoms with Gasteiger partial charge in [-0.05, 0) is 48.5 Å². The topological polar surface area (TPSA) is 93.1 Å². The van der Waals surface area contributed by atoms with Crippen molar-refractivity contribution in [3.63, 3.8) is 0 Å². The van der Waals surface area contributed by atoms with Gasteiger partial charge in [0, 0.05) is 18.5 Å². The number of ether oxygens (including phenoxy) is 5. The fraction of sp³-hybridized carbons (Fsp3) is 0.286. The van der Waals surface area contributed by atoms with Crippen molar-refractivity contribution in [2.75, 3.05) is 41.6 Å². The highest BCUT2D eigenvalue weighted by molar-refractivity contribution is 5.95. The largest absolute Gasteiger partial charge is 0.497 e. The molecular formula is C28H31N3O6. The van der Waals surface area contributed by atoms with E-state index < -0.39 is 0 Å². The van der Waals surface area contributed by atoms with E-state index in [1.165, 1.54) is 21.3 Å². The van der Waals surface area contributed by atoms with E-state index in [1.54, 1.807) is 19.2 Å². The van der Waals surface area contributed by atoms with Crippen LogP contribution >= 0.6 is 0 Å². The van der Waals surface area contributed by atoms with Gasteiger partial charge in [-0.2, -0.15) is 0 Å². The van der Waals surface area contributed by atoms with Crippen molar-refractivity contribution >= 4 is 16.9 Å². The molecule has 0 fully saturated rings. The minimum Gasteiger partial charge on any atom is -0.497 e. The van der Waals surface area contributed by atoms with Crippen LogP contribution in [0.1, 0.15) is 16.2 Å². The number of nitrogens with zero attached hydrogens (tertiary/aromatic N) is 2. The molecule has 1 N–H and O–H groups in total. The van der Waals surface area contributed by atoms with Crippen LogP contribution in [0.25, 0.3) is 11.0 Å². The number of aromatic nitrogens is 2. The van der Waals surface area contributed by atoms with E-state index in [0.29, 0.717) is 48.9 Å². The minimum absolute atomic E-state index is 0.246. The summed E-state index contributed by atoms with van der Waals surface area (Å²) in [5, 5.41) is 2.96. The number of benzene rings is 3. The molecule has 0 radical (unpaired) electrons. The Balaban J connectivity index is 1.43. The maximum atomic E-state index is 12.9. The zero-order valence-corrected chi connectivity index (χ0v) is 21.4. The molecule has 0 aliphatic rings. The summed E-state index contributed by atoms with van der Waals surface area (Å²) >= 11 is 0. The molecule has 1 aromatic heterocycles. The van der Waals surface area contributed by atoms with Crippen molar-refractivity contribution < 1.29 is 28.5 Å². The van der Waals surface area contributed by atoms with Crippen molar-refractivity contribution in [3.05, 3.63) is 72.1 Å². The van der Waals surface area contributed by atoms with Crippen LogP contribution in [0.5, 0.6) is 28.7 Å². The summed E-state index contributed by atoms with van der Waals surface area (Å²) in [6, 6.07) is 18.7. The zero-order valence-electron chi connectivity index (χ0n) is 21.4. The Labute approximate surface area is 215 Å². The van der Waals surface area contributed by atoms with E-state index in [-0.39, 0.29) is 5.91 Å². The molecule has 9 nitrogen and oxygen atoms in total. The van der Waals surface area contributed by atoms with Gasteiger partial charge < -0.3 is 33.6 Å². The van der Waals surface area contributed by atoms with E-state index in [1.807, 2.05) is 48.5 Å². The van der Waals surface area contributed by atoms with E-state index in [9.17, 15) is 4.79 Å². The first kappa shape index (κ1) is 25.7. The van der Waals surface area contributed by atoms with Gasteiger partial charge in [-0.25, -0.2) is 4.98 Å². The highest BCUT2D eigenvalue weighted by Gasteiger charge is 2.17. The molecule has 0 bridgehead atoms. The number of fused-ring (bicyclic) bond motifs is 1. The Morgan fingerprint density at radius 1 is 0.865 bits per heavy atom. The smallest absolute Gasteiger partial charge is 0.251 e. The van der Waals surface area contributed by atoms with Gasteiger partial charge in [-0.15, -0.1) is 0 Å². The van der Waals surface area contributed by atoms with Crippen molar-refractivity contribution in [2.24, 2.45) is 0 Å². The lowest BCUT2D eigenvalue weighted by Gasteiger charge is -2.14. The molecule has 3 aromatic carbocycles. The molecule has 0 unspecified atom stereocenters. The molecule has 0 atom stereocenters. The van der Waals surface area contributed by atoms with Crippen LogP contribution in [0, 0.1) is 0 Å². The zero-order chi connectivity index (χ0) is 26.2. The summed E-state index contributed by atoms with van der Waals surface area (Å²) in [6.07, 6.45) is 0.549. The van der Waals surface area contributed by atoms with Crippen LogP contribution in [0.3, 0.4) is 0 Å². The predicted molar refractivity (Wildman–Crippen MR) is 140 cm³/mol. The van der Waals surface area contributed by atoms with Gasteiger partial charge in [0.25, 0.3) is 5.91 Å². The number of rotatable bonds is 12. The van der Waals surface area contributed by atoms with Crippen LogP contribution in [0.2, 0.25) is 0 Å². The molecule has 1 heterocycles.